The predicted octanol–water partition coefficient (Wildman–Crippen LogP) is 1.99. The fraction of sp³-hybridized carbons (Fsp3) is 0.300. The quantitative estimate of drug-likeness (QED) is 0.448. The third-order valence-electron chi connectivity index (χ3n) is 5.01. The van der Waals surface area contributed by atoms with Gasteiger partial charge in [0.2, 0.25) is 11.6 Å². The van der Waals surface area contributed by atoms with Crippen LogP contribution in [0.5, 0.6) is 0 Å². The molecule has 1 N–H and O–H groups in total. The third kappa shape index (κ3) is 4.60. The van der Waals surface area contributed by atoms with Crippen molar-refractivity contribution in [2.75, 3.05) is 42.9 Å². The SMILES string of the molecule is O=C(c1ccco1)N1CCN(c2ncnc(NCCc3cccnc3)c2[N+](=O)[O-])CC1. The number of nitrogens with one attached hydrogen (secondary N) is 1. The molecule has 1 fully saturated rings. The molecule has 4 rings (SSSR count). The molecule has 0 unspecified atom stereocenters. The number of amides is 1. The van der Waals surface area contributed by atoms with Crippen LogP contribution >= 0.6 is 0 Å². The second kappa shape index (κ2) is 9.20. The maximum atomic E-state index is 12.4. The predicted molar refractivity (Wildman–Crippen MR) is 112 cm³/mol. The van der Waals surface area contributed by atoms with Crippen molar-refractivity contribution in [1.29, 1.82) is 0 Å². The maximum Gasteiger partial charge on any atom is 0.353 e. The number of aromatic nitrogens is 3. The summed E-state index contributed by atoms with van der Waals surface area (Å²) in [4.78, 5) is 39.6. The molecule has 0 aliphatic carbocycles. The largest absolute Gasteiger partial charge is 0.459 e. The molecule has 1 aliphatic heterocycles. The van der Waals surface area contributed by atoms with E-state index in [1.165, 1.54) is 12.6 Å². The fourth-order valence-electron chi connectivity index (χ4n) is 3.45. The summed E-state index contributed by atoms with van der Waals surface area (Å²) in [5, 5.41) is 14.9. The van der Waals surface area contributed by atoms with Gasteiger partial charge in [0.25, 0.3) is 5.91 Å². The Bertz CT molecular complexity index is 1030. The Kier molecular flexibility index (Phi) is 6.01. The highest BCUT2D eigenvalue weighted by atomic mass is 16.6. The van der Waals surface area contributed by atoms with Crippen molar-refractivity contribution >= 4 is 23.2 Å². The summed E-state index contributed by atoms with van der Waals surface area (Å²) < 4.78 is 5.17. The lowest BCUT2D eigenvalue weighted by Gasteiger charge is -2.34. The molecule has 31 heavy (non-hydrogen) atoms. The smallest absolute Gasteiger partial charge is 0.353 e. The number of nitro groups is 1. The van der Waals surface area contributed by atoms with E-state index < -0.39 is 4.92 Å². The molecular weight excluding hydrogens is 402 g/mol. The number of hydrogen-bond donors (Lipinski definition) is 1. The van der Waals surface area contributed by atoms with Crippen molar-refractivity contribution < 1.29 is 14.1 Å². The number of rotatable bonds is 7. The lowest BCUT2D eigenvalue weighted by molar-refractivity contribution is -0.383. The molecule has 0 aromatic carbocycles. The van der Waals surface area contributed by atoms with Crippen LogP contribution in [0.2, 0.25) is 0 Å². The minimum atomic E-state index is -0.470. The van der Waals surface area contributed by atoms with Gasteiger partial charge in [0.15, 0.2) is 5.76 Å². The Balaban J connectivity index is 1.44. The molecule has 4 heterocycles. The van der Waals surface area contributed by atoms with Gasteiger partial charge in [0.05, 0.1) is 11.2 Å². The minimum Gasteiger partial charge on any atom is -0.459 e. The number of piperazine rings is 1. The first kappa shape index (κ1) is 20.3. The van der Waals surface area contributed by atoms with E-state index in [9.17, 15) is 14.9 Å². The van der Waals surface area contributed by atoms with Crippen LogP contribution in [0.3, 0.4) is 0 Å². The van der Waals surface area contributed by atoms with Gasteiger partial charge in [-0.05, 0) is 30.2 Å². The summed E-state index contributed by atoms with van der Waals surface area (Å²) in [5.74, 6) is 0.503. The number of carbonyl (C=O) groups is 1. The Hall–Kier alpha value is -4.02. The van der Waals surface area contributed by atoms with Gasteiger partial charge in [-0.2, -0.15) is 0 Å². The third-order valence-corrected chi connectivity index (χ3v) is 5.01. The standard InChI is InChI=1S/C20H21N7O4/c28-20(16-4-2-12-31-16)26-10-8-25(9-11-26)19-17(27(29)30)18(23-14-24-19)22-7-5-15-3-1-6-21-13-15/h1-4,6,12-14H,5,7-11H2,(H,22,23,24). The zero-order chi connectivity index (χ0) is 21.6. The maximum absolute atomic E-state index is 12.4. The van der Waals surface area contributed by atoms with Crippen molar-refractivity contribution in [2.24, 2.45) is 0 Å². The zero-order valence-corrected chi connectivity index (χ0v) is 16.7. The molecule has 11 nitrogen and oxygen atoms in total. The highest BCUT2D eigenvalue weighted by Gasteiger charge is 2.31. The number of furan rings is 1. The zero-order valence-electron chi connectivity index (χ0n) is 16.7. The van der Waals surface area contributed by atoms with E-state index in [0.29, 0.717) is 39.1 Å². The molecule has 11 heteroatoms. The summed E-state index contributed by atoms with van der Waals surface area (Å²) in [7, 11) is 0. The van der Waals surface area contributed by atoms with E-state index in [4.69, 9.17) is 4.42 Å². The fourth-order valence-corrected chi connectivity index (χ4v) is 3.45. The van der Waals surface area contributed by atoms with Crippen LogP contribution < -0.4 is 10.2 Å². The van der Waals surface area contributed by atoms with Gasteiger partial charge in [-0.3, -0.25) is 19.9 Å². The second-order valence-corrected chi connectivity index (χ2v) is 6.95. The molecule has 3 aromatic rings. The average molecular weight is 423 g/mol. The second-order valence-electron chi connectivity index (χ2n) is 6.95. The normalized spacial score (nSPS) is 13.8. The highest BCUT2D eigenvalue weighted by Crippen LogP contribution is 2.32. The van der Waals surface area contributed by atoms with Gasteiger partial charge < -0.3 is 19.5 Å². The molecule has 0 saturated carbocycles. The highest BCUT2D eigenvalue weighted by molar-refractivity contribution is 5.91. The first-order chi connectivity index (χ1) is 15.1. The summed E-state index contributed by atoms with van der Waals surface area (Å²) >= 11 is 0. The van der Waals surface area contributed by atoms with Gasteiger partial charge in [0.1, 0.15) is 6.33 Å². The molecule has 1 saturated heterocycles. The van der Waals surface area contributed by atoms with Crippen molar-refractivity contribution in [3.63, 3.8) is 0 Å². The number of nitrogens with zero attached hydrogens (tertiary/aromatic N) is 6. The van der Waals surface area contributed by atoms with Gasteiger partial charge in [-0.15, -0.1) is 0 Å². The topological polar surface area (TPSA) is 131 Å². The first-order valence-corrected chi connectivity index (χ1v) is 9.83. The summed E-state index contributed by atoms with van der Waals surface area (Å²) in [6.45, 7) is 2.11. The van der Waals surface area contributed by atoms with E-state index in [0.717, 1.165) is 5.56 Å². The molecule has 0 radical (unpaired) electrons. The van der Waals surface area contributed by atoms with Crippen molar-refractivity contribution in [3.8, 4) is 0 Å². The van der Waals surface area contributed by atoms with Crippen LogP contribution in [0.4, 0.5) is 17.3 Å². The molecule has 160 valence electrons. The molecule has 1 aliphatic rings. The van der Waals surface area contributed by atoms with Crippen LogP contribution in [0.1, 0.15) is 16.1 Å². The molecule has 1 amide bonds. The van der Waals surface area contributed by atoms with Crippen molar-refractivity contribution in [3.05, 3.63) is 70.7 Å². The monoisotopic (exact) mass is 423 g/mol. The van der Waals surface area contributed by atoms with Gasteiger partial charge in [0, 0.05) is 45.1 Å². The van der Waals surface area contributed by atoms with E-state index in [-0.39, 0.29) is 29.0 Å². The van der Waals surface area contributed by atoms with Crippen molar-refractivity contribution in [2.45, 2.75) is 6.42 Å². The summed E-state index contributed by atoms with van der Waals surface area (Å²) in [5.41, 5.74) is 0.851. The Morgan fingerprint density at radius 1 is 1.19 bits per heavy atom. The number of anilines is 2. The van der Waals surface area contributed by atoms with E-state index in [1.807, 2.05) is 12.1 Å². The molecule has 0 bridgehead atoms. The number of hydrogen-bond acceptors (Lipinski definition) is 9. The van der Waals surface area contributed by atoms with Crippen LogP contribution in [0.25, 0.3) is 0 Å². The molecule has 0 atom stereocenters. The molecular formula is C20H21N7O4. The van der Waals surface area contributed by atoms with Gasteiger partial charge in [-0.1, -0.05) is 6.07 Å². The van der Waals surface area contributed by atoms with Crippen LogP contribution in [0.15, 0.2) is 53.7 Å². The van der Waals surface area contributed by atoms with Crippen LogP contribution in [-0.4, -0.2) is 63.4 Å². The van der Waals surface area contributed by atoms with E-state index in [1.54, 1.807) is 34.3 Å². The first-order valence-electron chi connectivity index (χ1n) is 9.83. The number of pyridine rings is 1. The van der Waals surface area contributed by atoms with Crippen LogP contribution in [0, 0.1) is 10.1 Å². The van der Waals surface area contributed by atoms with Crippen molar-refractivity contribution in [1.82, 2.24) is 19.9 Å². The Morgan fingerprint density at radius 2 is 2.03 bits per heavy atom. The summed E-state index contributed by atoms with van der Waals surface area (Å²) in [6, 6.07) is 7.07. The Morgan fingerprint density at radius 3 is 2.71 bits per heavy atom. The molecule has 0 spiro atoms. The lowest BCUT2D eigenvalue weighted by atomic mass is 10.2. The summed E-state index contributed by atoms with van der Waals surface area (Å²) in [6.07, 6.45) is 6.87. The van der Waals surface area contributed by atoms with E-state index in [2.05, 4.69) is 20.3 Å². The van der Waals surface area contributed by atoms with Gasteiger partial charge >= 0.3 is 5.69 Å². The van der Waals surface area contributed by atoms with E-state index >= 15 is 0 Å². The van der Waals surface area contributed by atoms with Gasteiger partial charge in [-0.25, -0.2) is 9.97 Å². The lowest BCUT2D eigenvalue weighted by Crippen LogP contribution is -2.49. The van der Waals surface area contributed by atoms with Crippen LogP contribution in [-0.2, 0) is 6.42 Å². The Labute approximate surface area is 177 Å². The average Bonchev–Trinajstić information content (AvgIpc) is 3.34. The molecule has 3 aromatic heterocycles. The number of carbonyl (C=O) groups excluding carboxylic acids is 1. The minimum absolute atomic E-state index is 0.167.